The second-order valence-electron chi connectivity index (χ2n) is 6.70. The number of aliphatic imine (C=N–C) groups is 1. The summed E-state index contributed by atoms with van der Waals surface area (Å²) in [6, 6.07) is 10.9. The highest BCUT2D eigenvalue weighted by atomic mass is 127. The summed E-state index contributed by atoms with van der Waals surface area (Å²) in [7, 11) is 1.63. The molecule has 0 amide bonds. The van der Waals surface area contributed by atoms with Crippen LogP contribution in [0, 0.1) is 6.92 Å². The molecule has 3 aromatic rings. The van der Waals surface area contributed by atoms with Crippen molar-refractivity contribution in [1.29, 1.82) is 0 Å². The van der Waals surface area contributed by atoms with Gasteiger partial charge in [0.2, 0.25) is 11.8 Å². The minimum Gasteiger partial charge on any atom is -0.468 e. The van der Waals surface area contributed by atoms with Crippen LogP contribution in [0.4, 0.5) is 13.2 Å². The number of hydrogen-bond acceptors (Lipinski definition) is 5. The van der Waals surface area contributed by atoms with Gasteiger partial charge in [-0.1, -0.05) is 23.8 Å². The van der Waals surface area contributed by atoms with Crippen molar-refractivity contribution in [2.24, 2.45) is 4.99 Å². The molecule has 0 saturated carbocycles. The molecule has 172 valence electrons. The summed E-state index contributed by atoms with van der Waals surface area (Å²) >= 11 is 0. The second kappa shape index (κ2) is 11.7. The molecule has 2 aromatic heterocycles. The maximum Gasteiger partial charge on any atom is 0.422 e. The first-order valence-electron chi connectivity index (χ1n) is 9.43. The molecule has 0 spiro atoms. The normalized spacial score (nSPS) is 11.6. The summed E-state index contributed by atoms with van der Waals surface area (Å²) < 4.78 is 46.6. The molecule has 0 aliphatic rings. The predicted octanol–water partition coefficient (Wildman–Crippen LogP) is 4.47. The van der Waals surface area contributed by atoms with Crippen molar-refractivity contribution in [3.8, 4) is 17.3 Å². The summed E-state index contributed by atoms with van der Waals surface area (Å²) in [4.78, 5) is 12.5. The molecular formula is C21H23F3IN5O2. The number of oxazole rings is 1. The van der Waals surface area contributed by atoms with E-state index >= 15 is 0 Å². The van der Waals surface area contributed by atoms with Gasteiger partial charge in [-0.2, -0.15) is 13.2 Å². The highest BCUT2D eigenvalue weighted by molar-refractivity contribution is 14.0. The predicted molar refractivity (Wildman–Crippen MR) is 125 cm³/mol. The lowest BCUT2D eigenvalue weighted by atomic mass is 10.1. The van der Waals surface area contributed by atoms with Gasteiger partial charge in [-0.25, -0.2) is 9.97 Å². The Morgan fingerprint density at radius 2 is 1.81 bits per heavy atom. The smallest absolute Gasteiger partial charge is 0.422 e. The van der Waals surface area contributed by atoms with Crippen LogP contribution < -0.4 is 15.4 Å². The topological polar surface area (TPSA) is 84.6 Å². The van der Waals surface area contributed by atoms with E-state index in [-0.39, 0.29) is 29.9 Å². The number of halogens is 4. The molecule has 7 nitrogen and oxygen atoms in total. The highest BCUT2D eigenvalue weighted by Crippen LogP contribution is 2.19. The van der Waals surface area contributed by atoms with Crippen molar-refractivity contribution in [3.05, 3.63) is 65.7 Å². The molecular weight excluding hydrogens is 538 g/mol. The lowest BCUT2D eigenvalue weighted by Crippen LogP contribution is -2.36. The van der Waals surface area contributed by atoms with Crippen molar-refractivity contribution >= 4 is 29.9 Å². The van der Waals surface area contributed by atoms with Crippen LogP contribution in [0.1, 0.15) is 16.8 Å². The fourth-order valence-corrected chi connectivity index (χ4v) is 2.55. The monoisotopic (exact) mass is 561 g/mol. The van der Waals surface area contributed by atoms with Gasteiger partial charge in [0.1, 0.15) is 6.26 Å². The molecule has 0 atom stereocenters. The first-order valence-corrected chi connectivity index (χ1v) is 9.43. The molecule has 0 bridgehead atoms. The molecule has 0 unspecified atom stereocenters. The molecule has 3 rings (SSSR count). The summed E-state index contributed by atoms with van der Waals surface area (Å²) in [6.07, 6.45) is -1.37. The quantitative estimate of drug-likeness (QED) is 0.252. The number of nitrogens with zero attached hydrogens (tertiary/aromatic N) is 3. The Hall–Kier alpha value is -2.83. The van der Waals surface area contributed by atoms with Crippen molar-refractivity contribution in [3.63, 3.8) is 0 Å². The van der Waals surface area contributed by atoms with Crippen LogP contribution in [0.25, 0.3) is 11.5 Å². The van der Waals surface area contributed by atoms with Gasteiger partial charge in [-0.15, -0.1) is 24.0 Å². The van der Waals surface area contributed by atoms with E-state index in [1.165, 1.54) is 12.3 Å². The number of hydrogen-bond donors (Lipinski definition) is 2. The molecule has 2 N–H and O–H groups in total. The van der Waals surface area contributed by atoms with Crippen molar-refractivity contribution < 1.29 is 22.3 Å². The van der Waals surface area contributed by atoms with Crippen LogP contribution in [0.5, 0.6) is 5.88 Å². The molecule has 0 radical (unpaired) electrons. The van der Waals surface area contributed by atoms with Gasteiger partial charge in [0.05, 0.1) is 12.2 Å². The number of aryl methyl sites for hydroxylation is 1. The molecule has 0 saturated heterocycles. The van der Waals surface area contributed by atoms with Gasteiger partial charge in [0, 0.05) is 31.4 Å². The summed E-state index contributed by atoms with van der Waals surface area (Å²) in [5, 5.41) is 6.22. The van der Waals surface area contributed by atoms with E-state index in [9.17, 15) is 13.2 Å². The second-order valence-corrected chi connectivity index (χ2v) is 6.70. The van der Waals surface area contributed by atoms with Gasteiger partial charge in [0.15, 0.2) is 12.6 Å². The SMILES string of the molecule is CN=C(NCc1ccc(OCC(F)(F)F)nc1)NCc1coc(-c2ccc(C)cc2)n1.I. The minimum atomic E-state index is -4.40. The zero-order chi connectivity index (χ0) is 22.3. The molecule has 32 heavy (non-hydrogen) atoms. The third-order valence-corrected chi connectivity index (χ3v) is 4.15. The molecule has 0 aliphatic heterocycles. The number of aromatic nitrogens is 2. The number of rotatable bonds is 7. The van der Waals surface area contributed by atoms with Crippen molar-refractivity contribution in [2.75, 3.05) is 13.7 Å². The van der Waals surface area contributed by atoms with Gasteiger partial charge in [0.25, 0.3) is 0 Å². The molecule has 0 fully saturated rings. The molecule has 11 heteroatoms. The Morgan fingerprint density at radius 3 is 2.44 bits per heavy atom. The lowest BCUT2D eigenvalue weighted by Gasteiger charge is -2.11. The number of benzene rings is 1. The Kier molecular flexibility index (Phi) is 9.29. The third-order valence-electron chi connectivity index (χ3n) is 4.15. The highest BCUT2D eigenvalue weighted by Gasteiger charge is 2.28. The first-order chi connectivity index (χ1) is 14.8. The average Bonchev–Trinajstić information content (AvgIpc) is 3.22. The maximum absolute atomic E-state index is 12.2. The van der Waals surface area contributed by atoms with E-state index < -0.39 is 12.8 Å². The van der Waals surface area contributed by atoms with E-state index in [1.54, 1.807) is 19.4 Å². The number of ether oxygens (including phenoxy) is 1. The zero-order valence-corrected chi connectivity index (χ0v) is 19.8. The summed E-state index contributed by atoms with van der Waals surface area (Å²) in [5.41, 5.74) is 3.53. The number of guanidine groups is 1. The molecule has 1 aromatic carbocycles. The standard InChI is InChI=1S/C21H22F3N5O2.HI/c1-14-3-6-16(7-4-14)19-29-17(12-30-19)11-28-20(25-2)27-10-15-5-8-18(26-9-15)31-13-21(22,23)24;/h3-9,12H,10-11,13H2,1-2H3,(H2,25,27,28);1H. The fraction of sp³-hybridized carbons (Fsp3) is 0.286. The lowest BCUT2D eigenvalue weighted by molar-refractivity contribution is -0.154. The Labute approximate surface area is 200 Å². The molecule has 0 aliphatic carbocycles. The van der Waals surface area contributed by atoms with Crippen LogP contribution in [0.3, 0.4) is 0 Å². The largest absolute Gasteiger partial charge is 0.468 e. The maximum atomic E-state index is 12.2. The van der Waals surface area contributed by atoms with Crippen LogP contribution in [0.2, 0.25) is 0 Å². The minimum absolute atomic E-state index is 0. The fourth-order valence-electron chi connectivity index (χ4n) is 2.55. The first kappa shape index (κ1) is 25.4. The van der Waals surface area contributed by atoms with Crippen LogP contribution in [-0.2, 0) is 13.1 Å². The third kappa shape index (κ3) is 8.02. The van der Waals surface area contributed by atoms with Crippen LogP contribution in [0.15, 0.2) is 58.3 Å². The summed E-state index contributed by atoms with van der Waals surface area (Å²) in [5.74, 6) is 0.981. The van der Waals surface area contributed by atoms with Crippen LogP contribution >= 0.6 is 24.0 Å². The van der Waals surface area contributed by atoms with E-state index in [1.807, 2.05) is 31.2 Å². The van der Waals surface area contributed by atoms with E-state index in [2.05, 4.69) is 30.3 Å². The van der Waals surface area contributed by atoms with Crippen molar-refractivity contribution in [2.45, 2.75) is 26.2 Å². The number of nitrogens with one attached hydrogen (secondary N) is 2. The van der Waals surface area contributed by atoms with Gasteiger partial charge < -0.3 is 19.8 Å². The number of alkyl halides is 3. The Morgan fingerprint density at radius 1 is 1.09 bits per heavy atom. The Balaban J connectivity index is 0.00000363. The number of pyridine rings is 1. The van der Waals surface area contributed by atoms with E-state index in [4.69, 9.17) is 4.42 Å². The Bertz CT molecular complexity index is 1010. The summed E-state index contributed by atoms with van der Waals surface area (Å²) in [6.45, 7) is 1.42. The van der Waals surface area contributed by atoms with E-state index in [0.717, 1.165) is 16.7 Å². The zero-order valence-electron chi connectivity index (χ0n) is 17.4. The van der Waals surface area contributed by atoms with Gasteiger partial charge in [-0.3, -0.25) is 4.99 Å². The van der Waals surface area contributed by atoms with E-state index in [0.29, 0.717) is 30.6 Å². The van der Waals surface area contributed by atoms with Crippen LogP contribution in [-0.4, -0.2) is 35.8 Å². The van der Waals surface area contributed by atoms with Crippen molar-refractivity contribution in [1.82, 2.24) is 20.6 Å². The van der Waals surface area contributed by atoms with Gasteiger partial charge in [-0.05, 0) is 24.6 Å². The average molecular weight is 561 g/mol. The van der Waals surface area contributed by atoms with Gasteiger partial charge >= 0.3 is 6.18 Å². The molecule has 2 heterocycles.